The molecule has 0 aliphatic rings. The second-order valence-electron chi connectivity index (χ2n) is 6.84. The molecule has 0 atom stereocenters. The summed E-state index contributed by atoms with van der Waals surface area (Å²) in [5.74, 6) is -0.287. The number of benzene rings is 2. The quantitative estimate of drug-likeness (QED) is 0.489. The number of aryl methyl sites for hydroxylation is 3. The summed E-state index contributed by atoms with van der Waals surface area (Å²) in [6.45, 7) is 6.51. The van der Waals surface area contributed by atoms with Gasteiger partial charge in [-0.05, 0) is 49.6 Å². The summed E-state index contributed by atoms with van der Waals surface area (Å²) in [6.07, 6.45) is 1.58. The summed E-state index contributed by atoms with van der Waals surface area (Å²) in [5, 5.41) is 0.663. The Morgan fingerprint density at radius 3 is 2.56 bits per heavy atom. The van der Waals surface area contributed by atoms with Crippen LogP contribution in [0.15, 0.2) is 53.6 Å². The van der Waals surface area contributed by atoms with E-state index >= 15 is 0 Å². The molecule has 0 bridgehead atoms. The van der Waals surface area contributed by atoms with Crippen molar-refractivity contribution in [3.8, 4) is 11.1 Å². The van der Waals surface area contributed by atoms with E-state index < -0.39 is 0 Å². The lowest BCUT2D eigenvalue weighted by molar-refractivity contribution is 0.626. The van der Waals surface area contributed by atoms with Crippen LogP contribution < -0.4 is 5.56 Å². The summed E-state index contributed by atoms with van der Waals surface area (Å²) in [4.78, 5) is 19.6. The average Bonchev–Trinajstić information content (AvgIpc) is 2.98. The lowest BCUT2D eigenvalue weighted by Gasteiger charge is -2.09. The number of thiophene rings is 1. The van der Waals surface area contributed by atoms with E-state index in [1.54, 1.807) is 34.4 Å². The van der Waals surface area contributed by atoms with Crippen molar-refractivity contribution in [3.63, 3.8) is 0 Å². The highest BCUT2D eigenvalue weighted by atomic mass is 32.1. The Hall–Kier alpha value is -2.79. The molecule has 0 fully saturated rings. The Kier molecular flexibility index (Phi) is 4.40. The zero-order chi connectivity index (χ0) is 19.1. The van der Waals surface area contributed by atoms with Crippen LogP contribution in [0.3, 0.4) is 0 Å². The second-order valence-corrected chi connectivity index (χ2v) is 8.04. The first kappa shape index (κ1) is 17.6. The van der Waals surface area contributed by atoms with Gasteiger partial charge >= 0.3 is 0 Å². The molecule has 0 saturated heterocycles. The Bertz CT molecular complexity index is 1210. The van der Waals surface area contributed by atoms with Crippen LogP contribution in [0.1, 0.15) is 21.6 Å². The summed E-state index contributed by atoms with van der Waals surface area (Å²) >= 11 is 1.55. The summed E-state index contributed by atoms with van der Waals surface area (Å²) in [6, 6.07) is 12.5. The Morgan fingerprint density at radius 2 is 1.81 bits per heavy atom. The van der Waals surface area contributed by atoms with Gasteiger partial charge in [-0.3, -0.25) is 9.36 Å². The van der Waals surface area contributed by atoms with Crippen LogP contribution in [-0.2, 0) is 6.54 Å². The Morgan fingerprint density at radius 1 is 1.07 bits per heavy atom. The van der Waals surface area contributed by atoms with Crippen LogP contribution in [0, 0.1) is 26.6 Å². The molecule has 0 aliphatic carbocycles. The predicted molar refractivity (Wildman–Crippen MR) is 109 cm³/mol. The maximum Gasteiger partial charge on any atom is 0.263 e. The molecule has 2 aromatic carbocycles. The first-order valence-electron chi connectivity index (χ1n) is 8.74. The molecule has 136 valence electrons. The predicted octanol–water partition coefficient (Wildman–Crippen LogP) is 5.24. The van der Waals surface area contributed by atoms with Gasteiger partial charge in [0.2, 0.25) is 0 Å². The highest BCUT2D eigenvalue weighted by molar-refractivity contribution is 7.19. The monoisotopic (exact) mass is 378 g/mol. The SMILES string of the molecule is Cc1ccc(C)c(-c2c(C)sc3ncn(Cc4ccc(F)cc4)c(=O)c23)c1. The van der Waals surface area contributed by atoms with Crippen LogP contribution in [0.5, 0.6) is 0 Å². The fourth-order valence-corrected chi connectivity index (χ4v) is 4.36. The molecule has 0 unspecified atom stereocenters. The highest BCUT2D eigenvalue weighted by Crippen LogP contribution is 2.37. The molecule has 0 radical (unpaired) electrons. The molecule has 2 heterocycles. The first-order valence-corrected chi connectivity index (χ1v) is 9.56. The van der Waals surface area contributed by atoms with Gasteiger partial charge in [0.05, 0.1) is 18.3 Å². The van der Waals surface area contributed by atoms with Crippen LogP contribution in [-0.4, -0.2) is 9.55 Å². The van der Waals surface area contributed by atoms with Crippen molar-refractivity contribution in [3.05, 3.63) is 86.5 Å². The first-order chi connectivity index (χ1) is 12.9. The molecule has 0 amide bonds. The molecule has 2 aromatic heterocycles. The summed E-state index contributed by atoms with van der Waals surface area (Å²) < 4.78 is 14.7. The molecule has 0 aliphatic heterocycles. The molecule has 0 N–H and O–H groups in total. The lowest BCUT2D eigenvalue weighted by atomic mass is 9.97. The van der Waals surface area contributed by atoms with Crippen LogP contribution >= 0.6 is 11.3 Å². The maximum atomic E-state index is 13.3. The van der Waals surface area contributed by atoms with Gasteiger partial charge in [0, 0.05) is 10.4 Å². The van der Waals surface area contributed by atoms with Crippen molar-refractivity contribution in [1.82, 2.24) is 9.55 Å². The van der Waals surface area contributed by atoms with Crippen molar-refractivity contribution >= 4 is 21.6 Å². The molecule has 4 rings (SSSR count). The number of hydrogen-bond acceptors (Lipinski definition) is 3. The van der Waals surface area contributed by atoms with Crippen LogP contribution in [0.25, 0.3) is 21.3 Å². The van der Waals surface area contributed by atoms with E-state index in [0.717, 1.165) is 37.5 Å². The van der Waals surface area contributed by atoms with E-state index in [2.05, 4.69) is 37.0 Å². The Labute approximate surface area is 160 Å². The normalized spacial score (nSPS) is 11.3. The third-order valence-corrected chi connectivity index (χ3v) is 5.80. The van der Waals surface area contributed by atoms with Gasteiger partial charge in [0.1, 0.15) is 10.6 Å². The number of aromatic nitrogens is 2. The van der Waals surface area contributed by atoms with Crippen molar-refractivity contribution in [1.29, 1.82) is 0 Å². The van der Waals surface area contributed by atoms with Gasteiger partial charge in [-0.15, -0.1) is 11.3 Å². The van der Waals surface area contributed by atoms with Gasteiger partial charge in [-0.1, -0.05) is 35.9 Å². The van der Waals surface area contributed by atoms with Crippen LogP contribution in [0.4, 0.5) is 4.39 Å². The minimum absolute atomic E-state index is 0.0652. The topological polar surface area (TPSA) is 34.9 Å². The fraction of sp³-hybridized carbons (Fsp3) is 0.182. The largest absolute Gasteiger partial charge is 0.294 e. The van der Waals surface area contributed by atoms with E-state index in [1.807, 2.05) is 6.92 Å². The molecule has 0 spiro atoms. The van der Waals surface area contributed by atoms with E-state index in [9.17, 15) is 9.18 Å². The standard InChI is InChI=1S/C22H19FN2OS/c1-13-4-5-14(2)18(10-13)19-15(3)27-21-20(19)22(26)25(12-24-21)11-16-6-8-17(23)9-7-16/h4-10,12H,11H2,1-3H3. The van der Waals surface area contributed by atoms with Gasteiger partial charge in [0.15, 0.2) is 0 Å². The van der Waals surface area contributed by atoms with E-state index in [4.69, 9.17) is 0 Å². The lowest BCUT2D eigenvalue weighted by Crippen LogP contribution is -2.21. The smallest absolute Gasteiger partial charge is 0.263 e. The molecular formula is C22H19FN2OS. The number of rotatable bonds is 3. The second kappa shape index (κ2) is 6.74. The van der Waals surface area contributed by atoms with Gasteiger partial charge < -0.3 is 0 Å². The maximum absolute atomic E-state index is 13.3. The fourth-order valence-electron chi connectivity index (χ4n) is 3.37. The molecule has 0 saturated carbocycles. The molecule has 4 aromatic rings. The van der Waals surface area contributed by atoms with Gasteiger partial charge in [-0.25, -0.2) is 9.37 Å². The summed E-state index contributed by atoms with van der Waals surface area (Å²) in [5.41, 5.74) is 5.14. The van der Waals surface area contributed by atoms with Crippen LogP contribution in [0.2, 0.25) is 0 Å². The van der Waals surface area contributed by atoms with E-state index in [0.29, 0.717) is 11.9 Å². The molecule has 27 heavy (non-hydrogen) atoms. The molecule has 3 nitrogen and oxygen atoms in total. The minimum Gasteiger partial charge on any atom is -0.294 e. The summed E-state index contributed by atoms with van der Waals surface area (Å²) in [7, 11) is 0. The average molecular weight is 378 g/mol. The van der Waals surface area contributed by atoms with Gasteiger partial charge in [0.25, 0.3) is 5.56 Å². The minimum atomic E-state index is -0.287. The number of fused-ring (bicyclic) bond motifs is 1. The third kappa shape index (κ3) is 3.19. The van der Waals surface area contributed by atoms with Crippen molar-refractivity contribution in [2.75, 3.05) is 0 Å². The molecule has 5 heteroatoms. The van der Waals surface area contributed by atoms with E-state index in [1.165, 1.54) is 12.1 Å². The number of nitrogens with zero attached hydrogens (tertiary/aromatic N) is 2. The van der Waals surface area contributed by atoms with Crippen molar-refractivity contribution in [2.45, 2.75) is 27.3 Å². The zero-order valence-electron chi connectivity index (χ0n) is 15.4. The number of halogens is 1. The van der Waals surface area contributed by atoms with Gasteiger partial charge in [-0.2, -0.15) is 0 Å². The zero-order valence-corrected chi connectivity index (χ0v) is 16.2. The Balaban J connectivity index is 1.91. The van der Waals surface area contributed by atoms with Crippen molar-refractivity contribution < 1.29 is 4.39 Å². The van der Waals surface area contributed by atoms with Crippen molar-refractivity contribution in [2.24, 2.45) is 0 Å². The molecular weight excluding hydrogens is 359 g/mol. The third-order valence-electron chi connectivity index (χ3n) is 4.78. The highest BCUT2D eigenvalue weighted by Gasteiger charge is 2.18. The van der Waals surface area contributed by atoms with E-state index in [-0.39, 0.29) is 11.4 Å². The number of hydrogen-bond donors (Lipinski definition) is 0.